The van der Waals surface area contributed by atoms with Crippen LogP contribution in [0, 0.1) is 24.2 Å². The van der Waals surface area contributed by atoms with Gasteiger partial charge in [0.2, 0.25) is 0 Å². The zero-order chi connectivity index (χ0) is 10.4. The monoisotopic (exact) mass is 190 g/mol. The molecule has 1 heterocycles. The van der Waals surface area contributed by atoms with Gasteiger partial charge in [-0.05, 0) is 12.8 Å². The lowest BCUT2D eigenvalue weighted by molar-refractivity contribution is -0.126. The summed E-state index contributed by atoms with van der Waals surface area (Å²) < 4.78 is 0. The van der Waals surface area contributed by atoms with Crippen LogP contribution in [0.1, 0.15) is 6.92 Å². The van der Waals surface area contributed by atoms with Crippen molar-refractivity contribution >= 4 is 5.91 Å². The highest BCUT2D eigenvalue weighted by atomic mass is 16.2. The predicted octanol–water partition coefficient (Wildman–Crippen LogP) is -0.213. The minimum absolute atomic E-state index is 0.0761. The molecule has 0 spiro atoms. The average molecular weight is 190 g/mol. The summed E-state index contributed by atoms with van der Waals surface area (Å²) in [6, 6.07) is 0. The van der Waals surface area contributed by atoms with Crippen molar-refractivity contribution in [2.45, 2.75) is 6.92 Å². The van der Waals surface area contributed by atoms with Crippen molar-refractivity contribution < 1.29 is 4.79 Å². The van der Waals surface area contributed by atoms with Crippen LogP contribution in [0.15, 0.2) is 0 Å². The largest absolute Gasteiger partial charge is 0.329 e. The minimum atomic E-state index is -0.0761. The highest BCUT2D eigenvalue weighted by Gasteiger charge is 2.18. The summed E-state index contributed by atoms with van der Waals surface area (Å²) in [4.78, 5) is 15.3. The van der Waals surface area contributed by atoms with Crippen molar-refractivity contribution in [2.75, 3.05) is 32.7 Å². The number of amides is 1. The van der Waals surface area contributed by atoms with Gasteiger partial charge in [-0.2, -0.15) is 0 Å². The van der Waals surface area contributed by atoms with Gasteiger partial charge in [-0.3, -0.25) is 9.69 Å². The molecule has 1 rings (SSSR count). The van der Waals surface area contributed by atoms with E-state index in [-0.39, 0.29) is 5.91 Å². The van der Waals surface area contributed by atoms with Crippen LogP contribution in [0.25, 0.3) is 0 Å². The molecule has 0 aliphatic carbocycles. The first-order chi connectivity index (χ1) is 6.77. The number of rotatable bonds is 1. The fourth-order valence-corrected chi connectivity index (χ4v) is 1.42. The smallest absolute Gasteiger partial charge is 0.298 e. The van der Waals surface area contributed by atoms with Crippen molar-refractivity contribution in [2.24, 2.45) is 0 Å². The zero-order valence-corrected chi connectivity index (χ0v) is 8.42. The molecule has 3 heteroatoms. The van der Waals surface area contributed by atoms with E-state index >= 15 is 0 Å². The molecule has 14 heavy (non-hydrogen) atoms. The maximum absolute atomic E-state index is 11.4. The van der Waals surface area contributed by atoms with Gasteiger partial charge in [-0.15, -0.1) is 6.42 Å². The van der Waals surface area contributed by atoms with Crippen molar-refractivity contribution in [1.82, 2.24) is 9.80 Å². The van der Waals surface area contributed by atoms with Gasteiger partial charge in [0, 0.05) is 26.2 Å². The molecular weight excluding hydrogens is 176 g/mol. The lowest BCUT2D eigenvalue weighted by Crippen LogP contribution is -2.48. The molecule has 0 unspecified atom stereocenters. The molecule has 0 radical (unpaired) electrons. The highest BCUT2D eigenvalue weighted by Crippen LogP contribution is 2.00. The van der Waals surface area contributed by atoms with Crippen molar-refractivity contribution in [3.05, 3.63) is 0 Å². The lowest BCUT2D eigenvalue weighted by Gasteiger charge is -2.32. The summed E-state index contributed by atoms with van der Waals surface area (Å²) in [6.07, 6.45) is 5.21. The molecule has 3 nitrogen and oxygen atoms in total. The SMILES string of the molecule is C#CCN1CCN(C(=O)C#CC)CC1. The summed E-state index contributed by atoms with van der Waals surface area (Å²) in [5.74, 6) is 7.68. The molecule has 0 bridgehead atoms. The second-order valence-electron chi connectivity index (χ2n) is 3.15. The predicted molar refractivity (Wildman–Crippen MR) is 55.3 cm³/mol. The average Bonchev–Trinajstić information content (AvgIpc) is 2.20. The van der Waals surface area contributed by atoms with Crippen LogP contribution >= 0.6 is 0 Å². The van der Waals surface area contributed by atoms with Crippen LogP contribution in [-0.2, 0) is 4.79 Å². The van der Waals surface area contributed by atoms with E-state index in [2.05, 4.69) is 22.7 Å². The Labute approximate surface area is 85.1 Å². The van der Waals surface area contributed by atoms with E-state index in [0.29, 0.717) is 6.54 Å². The van der Waals surface area contributed by atoms with Gasteiger partial charge >= 0.3 is 0 Å². The Morgan fingerprint density at radius 2 is 2.00 bits per heavy atom. The second kappa shape index (κ2) is 5.32. The molecule has 0 saturated carbocycles. The van der Waals surface area contributed by atoms with Gasteiger partial charge in [-0.1, -0.05) is 11.8 Å². The number of carbonyl (C=O) groups is 1. The summed E-state index contributed by atoms with van der Waals surface area (Å²) in [6.45, 7) is 5.50. The van der Waals surface area contributed by atoms with E-state index in [1.807, 2.05) is 0 Å². The van der Waals surface area contributed by atoms with Crippen LogP contribution in [0.4, 0.5) is 0 Å². The van der Waals surface area contributed by atoms with Crippen LogP contribution < -0.4 is 0 Å². The van der Waals surface area contributed by atoms with E-state index in [1.165, 1.54) is 0 Å². The maximum Gasteiger partial charge on any atom is 0.298 e. The molecule has 0 N–H and O–H groups in total. The fraction of sp³-hybridized carbons (Fsp3) is 0.545. The van der Waals surface area contributed by atoms with Crippen molar-refractivity contribution in [3.8, 4) is 24.2 Å². The number of piperazine rings is 1. The quantitative estimate of drug-likeness (QED) is 0.534. The first-order valence-electron chi connectivity index (χ1n) is 4.65. The van der Waals surface area contributed by atoms with E-state index < -0.39 is 0 Å². The Kier molecular flexibility index (Phi) is 4.04. The molecule has 1 aliphatic heterocycles. The van der Waals surface area contributed by atoms with Gasteiger partial charge < -0.3 is 4.90 Å². The molecule has 0 aromatic rings. The van der Waals surface area contributed by atoms with Gasteiger partial charge in [0.05, 0.1) is 6.54 Å². The van der Waals surface area contributed by atoms with E-state index in [4.69, 9.17) is 6.42 Å². The van der Waals surface area contributed by atoms with Crippen LogP contribution in [0.2, 0.25) is 0 Å². The highest BCUT2D eigenvalue weighted by molar-refractivity contribution is 5.93. The Bertz CT molecular complexity index is 297. The molecule has 0 aromatic heterocycles. The molecule has 1 fully saturated rings. The summed E-state index contributed by atoms with van der Waals surface area (Å²) in [5, 5.41) is 0. The van der Waals surface area contributed by atoms with Crippen molar-refractivity contribution in [1.29, 1.82) is 0 Å². The third-order valence-corrected chi connectivity index (χ3v) is 2.21. The molecule has 1 saturated heterocycles. The lowest BCUT2D eigenvalue weighted by atomic mass is 10.3. The number of terminal acetylenes is 1. The number of hydrogen-bond donors (Lipinski definition) is 0. The van der Waals surface area contributed by atoms with E-state index in [9.17, 15) is 4.79 Å². The molecule has 0 atom stereocenters. The zero-order valence-electron chi connectivity index (χ0n) is 8.42. The molecule has 0 aromatic carbocycles. The number of carbonyl (C=O) groups excluding carboxylic acids is 1. The second-order valence-corrected chi connectivity index (χ2v) is 3.15. The number of hydrogen-bond acceptors (Lipinski definition) is 2. The third kappa shape index (κ3) is 2.80. The Hall–Kier alpha value is -1.45. The third-order valence-electron chi connectivity index (χ3n) is 2.21. The van der Waals surface area contributed by atoms with Gasteiger partial charge in [0.1, 0.15) is 0 Å². The topological polar surface area (TPSA) is 23.6 Å². The van der Waals surface area contributed by atoms with Gasteiger partial charge in [-0.25, -0.2) is 0 Å². The summed E-state index contributed by atoms with van der Waals surface area (Å²) >= 11 is 0. The first kappa shape index (κ1) is 10.6. The summed E-state index contributed by atoms with van der Waals surface area (Å²) in [7, 11) is 0. The number of nitrogens with zero attached hydrogens (tertiary/aromatic N) is 2. The molecular formula is C11H14N2O. The minimum Gasteiger partial charge on any atom is -0.329 e. The first-order valence-corrected chi connectivity index (χ1v) is 4.65. The van der Waals surface area contributed by atoms with Gasteiger partial charge in [0.25, 0.3) is 5.91 Å². The Morgan fingerprint density at radius 3 is 2.50 bits per heavy atom. The van der Waals surface area contributed by atoms with Crippen LogP contribution in [-0.4, -0.2) is 48.4 Å². The Balaban J connectivity index is 2.38. The summed E-state index contributed by atoms with van der Waals surface area (Å²) in [5.41, 5.74) is 0. The van der Waals surface area contributed by atoms with Gasteiger partial charge in [0.15, 0.2) is 0 Å². The standard InChI is InChI=1S/C11H14N2O/c1-3-5-11(14)13-9-7-12(6-4-2)8-10-13/h2H,6-10H2,1H3. The maximum atomic E-state index is 11.4. The Morgan fingerprint density at radius 1 is 1.36 bits per heavy atom. The van der Waals surface area contributed by atoms with Crippen LogP contribution in [0.5, 0.6) is 0 Å². The van der Waals surface area contributed by atoms with Crippen molar-refractivity contribution in [3.63, 3.8) is 0 Å². The fourth-order valence-electron chi connectivity index (χ4n) is 1.42. The normalized spacial score (nSPS) is 16.7. The van der Waals surface area contributed by atoms with E-state index in [0.717, 1.165) is 26.2 Å². The molecule has 1 amide bonds. The van der Waals surface area contributed by atoms with E-state index in [1.54, 1.807) is 11.8 Å². The molecule has 1 aliphatic rings. The van der Waals surface area contributed by atoms with Crippen LogP contribution in [0.3, 0.4) is 0 Å². The molecule has 74 valence electrons.